The lowest BCUT2D eigenvalue weighted by atomic mass is 10.2. The molecule has 1 aromatic rings. The number of pyridine rings is 1. The van der Waals surface area contributed by atoms with Crippen LogP contribution in [0.2, 0.25) is 0 Å². The summed E-state index contributed by atoms with van der Waals surface area (Å²) in [7, 11) is 5.19. The number of aromatic nitrogens is 1. The van der Waals surface area contributed by atoms with E-state index in [2.05, 4.69) is 27.1 Å². The maximum Gasteiger partial charge on any atom is 0.253 e. The highest BCUT2D eigenvalue weighted by molar-refractivity contribution is 5.94. The van der Waals surface area contributed by atoms with E-state index in [1.54, 1.807) is 12.3 Å². The van der Waals surface area contributed by atoms with Crippen molar-refractivity contribution in [3.05, 3.63) is 23.9 Å². The normalized spacial score (nSPS) is 16.1. The van der Waals surface area contributed by atoms with E-state index >= 15 is 0 Å². The van der Waals surface area contributed by atoms with E-state index in [0.29, 0.717) is 12.1 Å². The van der Waals surface area contributed by atoms with Gasteiger partial charge in [-0.1, -0.05) is 0 Å². The third-order valence-corrected chi connectivity index (χ3v) is 3.79. The standard InChI is InChI=1S/C15H24N4O3/c1-18-6-8-19(9-7-18)13-5-4-12(10-16-13)15(20)17-11-14(21-2)22-3/h4-5,10,14H,6-9,11H2,1-3H3,(H,17,20). The van der Waals surface area contributed by atoms with Crippen molar-refractivity contribution in [2.24, 2.45) is 0 Å². The molecule has 0 aromatic carbocycles. The van der Waals surface area contributed by atoms with Gasteiger partial charge in [-0.15, -0.1) is 0 Å². The number of methoxy groups -OCH3 is 2. The molecule has 1 amide bonds. The first-order valence-electron chi connectivity index (χ1n) is 7.37. The number of nitrogens with one attached hydrogen (secondary N) is 1. The van der Waals surface area contributed by atoms with Crippen LogP contribution < -0.4 is 10.2 Å². The van der Waals surface area contributed by atoms with Gasteiger partial charge in [-0.05, 0) is 19.2 Å². The summed E-state index contributed by atoms with van der Waals surface area (Å²) < 4.78 is 10.1. The molecule has 2 heterocycles. The maximum atomic E-state index is 12.0. The van der Waals surface area contributed by atoms with Crippen molar-refractivity contribution in [1.29, 1.82) is 0 Å². The summed E-state index contributed by atoms with van der Waals surface area (Å²) in [6, 6.07) is 3.69. The third-order valence-electron chi connectivity index (χ3n) is 3.79. The molecule has 2 rings (SSSR count). The number of hydrogen-bond acceptors (Lipinski definition) is 6. The lowest BCUT2D eigenvalue weighted by molar-refractivity contribution is -0.0974. The Morgan fingerprint density at radius 2 is 1.95 bits per heavy atom. The van der Waals surface area contributed by atoms with Gasteiger partial charge in [-0.25, -0.2) is 4.98 Å². The average molecular weight is 308 g/mol. The van der Waals surface area contributed by atoms with Crippen LogP contribution in [0, 0.1) is 0 Å². The van der Waals surface area contributed by atoms with Crippen LogP contribution in [-0.4, -0.2) is 76.1 Å². The monoisotopic (exact) mass is 308 g/mol. The second-order valence-corrected chi connectivity index (χ2v) is 5.31. The Balaban J connectivity index is 1.89. The van der Waals surface area contributed by atoms with Crippen molar-refractivity contribution in [2.45, 2.75) is 6.29 Å². The van der Waals surface area contributed by atoms with Crippen molar-refractivity contribution < 1.29 is 14.3 Å². The Bertz CT molecular complexity index is 468. The van der Waals surface area contributed by atoms with Crippen molar-refractivity contribution >= 4 is 11.7 Å². The molecule has 22 heavy (non-hydrogen) atoms. The fourth-order valence-corrected chi connectivity index (χ4v) is 2.28. The molecule has 1 aliphatic rings. The summed E-state index contributed by atoms with van der Waals surface area (Å²) in [6.45, 7) is 4.27. The molecule has 1 N–H and O–H groups in total. The molecule has 1 saturated heterocycles. The average Bonchev–Trinajstić information content (AvgIpc) is 2.56. The van der Waals surface area contributed by atoms with Crippen LogP contribution in [0.15, 0.2) is 18.3 Å². The van der Waals surface area contributed by atoms with Crippen LogP contribution in [0.4, 0.5) is 5.82 Å². The van der Waals surface area contributed by atoms with E-state index in [4.69, 9.17) is 9.47 Å². The molecule has 1 aliphatic heterocycles. The van der Waals surface area contributed by atoms with Gasteiger partial charge in [0.25, 0.3) is 5.91 Å². The molecule has 1 fully saturated rings. The Hall–Kier alpha value is -1.70. The predicted molar refractivity (Wildman–Crippen MR) is 84.1 cm³/mol. The highest BCUT2D eigenvalue weighted by atomic mass is 16.7. The molecule has 122 valence electrons. The fourth-order valence-electron chi connectivity index (χ4n) is 2.28. The van der Waals surface area contributed by atoms with Gasteiger partial charge < -0.3 is 24.6 Å². The minimum Gasteiger partial charge on any atom is -0.354 e. The van der Waals surface area contributed by atoms with Crippen LogP contribution in [0.1, 0.15) is 10.4 Å². The van der Waals surface area contributed by atoms with Crippen LogP contribution >= 0.6 is 0 Å². The van der Waals surface area contributed by atoms with Gasteiger partial charge in [0, 0.05) is 46.6 Å². The SMILES string of the molecule is COC(CNC(=O)c1ccc(N2CCN(C)CC2)nc1)OC. The predicted octanol–water partition coefficient (Wildman–Crippen LogP) is 0.182. The van der Waals surface area contributed by atoms with Gasteiger partial charge >= 0.3 is 0 Å². The van der Waals surface area contributed by atoms with Crippen LogP contribution in [0.5, 0.6) is 0 Å². The number of carbonyl (C=O) groups excluding carboxylic acids is 1. The first kappa shape index (κ1) is 16.7. The van der Waals surface area contributed by atoms with Gasteiger partial charge in [0.05, 0.1) is 12.1 Å². The van der Waals surface area contributed by atoms with E-state index < -0.39 is 6.29 Å². The lowest BCUT2D eigenvalue weighted by Crippen LogP contribution is -2.44. The lowest BCUT2D eigenvalue weighted by Gasteiger charge is -2.33. The topological polar surface area (TPSA) is 66.9 Å². The minimum absolute atomic E-state index is 0.184. The molecule has 0 spiro atoms. The van der Waals surface area contributed by atoms with Crippen molar-refractivity contribution in [1.82, 2.24) is 15.2 Å². The largest absolute Gasteiger partial charge is 0.354 e. The zero-order chi connectivity index (χ0) is 15.9. The summed E-state index contributed by atoms with van der Waals surface area (Å²) >= 11 is 0. The van der Waals surface area contributed by atoms with E-state index in [1.165, 1.54) is 14.2 Å². The molecule has 0 unspecified atom stereocenters. The summed E-state index contributed by atoms with van der Waals surface area (Å²) in [5.41, 5.74) is 0.531. The second kappa shape index (κ2) is 8.07. The van der Waals surface area contributed by atoms with E-state index in [1.807, 2.05) is 6.07 Å². The van der Waals surface area contributed by atoms with Crippen LogP contribution in [0.3, 0.4) is 0 Å². The number of nitrogens with zero attached hydrogens (tertiary/aromatic N) is 3. The highest BCUT2D eigenvalue weighted by Gasteiger charge is 2.16. The summed E-state index contributed by atoms with van der Waals surface area (Å²) in [5.74, 6) is 0.729. The molecular weight excluding hydrogens is 284 g/mol. The molecule has 1 aromatic heterocycles. The van der Waals surface area contributed by atoms with Crippen molar-refractivity contribution in [3.8, 4) is 0 Å². The van der Waals surface area contributed by atoms with E-state index in [9.17, 15) is 4.79 Å². The smallest absolute Gasteiger partial charge is 0.253 e. The van der Waals surface area contributed by atoms with Gasteiger partial charge in [-0.3, -0.25) is 4.79 Å². The Morgan fingerprint density at radius 1 is 1.27 bits per heavy atom. The summed E-state index contributed by atoms with van der Waals surface area (Å²) in [4.78, 5) is 21.0. The minimum atomic E-state index is -0.443. The number of piperazine rings is 1. The number of hydrogen-bond donors (Lipinski definition) is 1. The van der Waals surface area contributed by atoms with Crippen molar-refractivity contribution in [2.75, 3.05) is 58.9 Å². The number of carbonyl (C=O) groups is 1. The molecule has 0 aliphatic carbocycles. The fraction of sp³-hybridized carbons (Fsp3) is 0.600. The molecule has 7 heteroatoms. The second-order valence-electron chi connectivity index (χ2n) is 5.31. The van der Waals surface area contributed by atoms with Gasteiger partial charge in [0.2, 0.25) is 0 Å². The van der Waals surface area contributed by atoms with Crippen LogP contribution in [0.25, 0.3) is 0 Å². The number of amides is 1. The van der Waals surface area contributed by atoms with E-state index in [-0.39, 0.29) is 5.91 Å². The molecule has 0 saturated carbocycles. The Labute approximate surface area is 131 Å². The summed E-state index contributed by atoms with van der Waals surface area (Å²) in [6.07, 6.45) is 1.17. The highest BCUT2D eigenvalue weighted by Crippen LogP contribution is 2.13. The van der Waals surface area contributed by atoms with Crippen LogP contribution in [-0.2, 0) is 9.47 Å². The zero-order valence-electron chi connectivity index (χ0n) is 13.4. The van der Waals surface area contributed by atoms with Gasteiger partial charge in [0.1, 0.15) is 5.82 Å². The number of anilines is 1. The summed E-state index contributed by atoms with van der Waals surface area (Å²) in [5, 5.41) is 2.76. The first-order valence-corrected chi connectivity index (χ1v) is 7.37. The molecule has 0 atom stereocenters. The van der Waals surface area contributed by atoms with Gasteiger partial charge in [0.15, 0.2) is 6.29 Å². The number of likely N-dealkylation sites (N-methyl/N-ethyl adjacent to an activating group) is 1. The Morgan fingerprint density at radius 3 is 2.50 bits per heavy atom. The molecule has 0 radical (unpaired) electrons. The molecular formula is C15H24N4O3. The van der Waals surface area contributed by atoms with E-state index in [0.717, 1.165) is 32.0 Å². The molecule has 7 nitrogen and oxygen atoms in total. The third kappa shape index (κ3) is 4.40. The van der Waals surface area contributed by atoms with Crippen molar-refractivity contribution in [3.63, 3.8) is 0 Å². The number of ether oxygens (including phenoxy) is 2. The zero-order valence-corrected chi connectivity index (χ0v) is 13.4. The molecule has 0 bridgehead atoms. The number of rotatable bonds is 6. The maximum absolute atomic E-state index is 12.0. The van der Waals surface area contributed by atoms with Gasteiger partial charge in [-0.2, -0.15) is 0 Å². The first-order chi connectivity index (χ1) is 10.6. The quantitative estimate of drug-likeness (QED) is 0.756. The Kier molecular flexibility index (Phi) is 6.11.